The minimum Gasteiger partial charge on any atom is -0.454 e. The zero-order chi connectivity index (χ0) is 13.1. The lowest BCUT2D eigenvalue weighted by molar-refractivity contribution is -0.137. The second-order valence-electron chi connectivity index (χ2n) is 3.54. The first-order valence-electron chi connectivity index (χ1n) is 5.10. The van der Waals surface area contributed by atoms with Crippen LogP contribution in [-0.2, 0) is 14.3 Å². The zero-order valence-corrected chi connectivity index (χ0v) is 10.3. The first-order chi connectivity index (χ1) is 8.58. The Kier molecular flexibility index (Phi) is 3.42. The van der Waals surface area contributed by atoms with Gasteiger partial charge in [0.2, 0.25) is 5.91 Å². The van der Waals surface area contributed by atoms with E-state index in [2.05, 4.69) is 10.6 Å². The number of ether oxygens (including phenoxy) is 1. The molecule has 0 aromatic carbocycles. The fourth-order valence-corrected chi connectivity index (χ4v) is 2.03. The van der Waals surface area contributed by atoms with Gasteiger partial charge in [-0.1, -0.05) is 6.07 Å². The van der Waals surface area contributed by atoms with Crippen molar-refractivity contribution in [1.29, 1.82) is 0 Å². The lowest BCUT2D eigenvalue weighted by Gasteiger charge is -2.05. The number of nitrogens with one attached hydrogen (secondary N) is 2. The van der Waals surface area contributed by atoms with Crippen LogP contribution in [0.25, 0.3) is 0 Å². The largest absolute Gasteiger partial charge is 0.454 e. The van der Waals surface area contributed by atoms with Crippen molar-refractivity contribution in [2.45, 2.75) is 6.92 Å². The number of esters is 1. The van der Waals surface area contributed by atoms with Gasteiger partial charge in [0.25, 0.3) is 5.91 Å². The molecule has 6 nitrogen and oxygen atoms in total. The third-order valence-corrected chi connectivity index (χ3v) is 3.03. The standard InChI is InChI=1S/C11H10N2O4S/c1-6(14)12-9-7(5-17-11(9)16)13-10(15)8-3-2-4-18-8/h2-4H,5H2,1H3,(H,12,14)(H,13,15). The van der Waals surface area contributed by atoms with Crippen molar-refractivity contribution in [3.8, 4) is 0 Å². The Bertz CT molecular complexity index is 533. The Hall–Kier alpha value is -2.15. The molecule has 1 aliphatic rings. The number of carbonyl (C=O) groups is 3. The van der Waals surface area contributed by atoms with Gasteiger partial charge < -0.3 is 15.4 Å². The number of amides is 2. The summed E-state index contributed by atoms with van der Waals surface area (Å²) in [6, 6.07) is 3.41. The number of carbonyl (C=O) groups excluding carboxylic acids is 3. The van der Waals surface area contributed by atoms with Crippen molar-refractivity contribution < 1.29 is 19.1 Å². The molecule has 2 N–H and O–H groups in total. The second kappa shape index (κ2) is 5.01. The van der Waals surface area contributed by atoms with Crippen LogP contribution in [0, 0.1) is 0 Å². The molecule has 0 aliphatic carbocycles. The normalized spacial score (nSPS) is 14.4. The molecule has 0 radical (unpaired) electrons. The smallest absolute Gasteiger partial charge is 0.357 e. The van der Waals surface area contributed by atoms with Crippen LogP contribution in [0.1, 0.15) is 16.6 Å². The summed E-state index contributed by atoms with van der Waals surface area (Å²) in [6.07, 6.45) is 0. The number of rotatable bonds is 3. The summed E-state index contributed by atoms with van der Waals surface area (Å²) in [7, 11) is 0. The van der Waals surface area contributed by atoms with Gasteiger partial charge in [0.1, 0.15) is 6.61 Å². The predicted molar refractivity (Wildman–Crippen MR) is 63.6 cm³/mol. The molecule has 7 heteroatoms. The molecular weight excluding hydrogens is 256 g/mol. The minimum absolute atomic E-state index is 0.00703. The molecule has 0 bridgehead atoms. The predicted octanol–water partition coefficient (Wildman–Crippen LogP) is 0.382. The van der Waals surface area contributed by atoms with Gasteiger partial charge in [-0.2, -0.15) is 0 Å². The molecule has 1 aromatic rings. The van der Waals surface area contributed by atoms with E-state index < -0.39 is 11.9 Å². The number of hydrogen-bond acceptors (Lipinski definition) is 5. The molecule has 0 unspecified atom stereocenters. The highest BCUT2D eigenvalue weighted by atomic mass is 32.1. The van der Waals surface area contributed by atoms with Crippen LogP contribution in [0.4, 0.5) is 0 Å². The van der Waals surface area contributed by atoms with Gasteiger partial charge in [0.05, 0.1) is 10.6 Å². The summed E-state index contributed by atoms with van der Waals surface area (Å²) < 4.78 is 4.76. The number of hydrogen-bond donors (Lipinski definition) is 2. The lowest BCUT2D eigenvalue weighted by atomic mass is 10.3. The van der Waals surface area contributed by atoms with E-state index in [1.165, 1.54) is 18.3 Å². The second-order valence-corrected chi connectivity index (χ2v) is 4.49. The van der Waals surface area contributed by atoms with E-state index in [1.54, 1.807) is 17.5 Å². The van der Waals surface area contributed by atoms with Gasteiger partial charge in [-0.3, -0.25) is 9.59 Å². The van der Waals surface area contributed by atoms with Gasteiger partial charge >= 0.3 is 5.97 Å². The third-order valence-electron chi connectivity index (χ3n) is 2.16. The quantitative estimate of drug-likeness (QED) is 0.775. The van der Waals surface area contributed by atoms with Gasteiger partial charge in [0, 0.05) is 6.92 Å². The Morgan fingerprint density at radius 1 is 1.39 bits per heavy atom. The third kappa shape index (κ3) is 2.57. The highest BCUT2D eigenvalue weighted by Gasteiger charge is 2.27. The fourth-order valence-electron chi connectivity index (χ4n) is 1.41. The van der Waals surface area contributed by atoms with Crippen molar-refractivity contribution in [1.82, 2.24) is 10.6 Å². The first-order valence-corrected chi connectivity index (χ1v) is 5.98. The van der Waals surface area contributed by atoms with Gasteiger partial charge in [0.15, 0.2) is 5.70 Å². The maximum atomic E-state index is 11.8. The average Bonchev–Trinajstić information content (AvgIpc) is 2.93. The molecule has 0 saturated heterocycles. The van der Waals surface area contributed by atoms with Crippen LogP contribution < -0.4 is 10.6 Å². The summed E-state index contributed by atoms with van der Waals surface area (Å²) in [6.45, 7) is 1.23. The molecule has 0 saturated carbocycles. The van der Waals surface area contributed by atoms with Crippen LogP contribution >= 0.6 is 11.3 Å². The van der Waals surface area contributed by atoms with E-state index in [0.717, 1.165) is 0 Å². The molecule has 94 valence electrons. The van der Waals surface area contributed by atoms with Crippen LogP contribution in [0.15, 0.2) is 28.9 Å². The van der Waals surface area contributed by atoms with Crippen molar-refractivity contribution in [3.05, 3.63) is 33.8 Å². The van der Waals surface area contributed by atoms with Crippen molar-refractivity contribution in [2.24, 2.45) is 0 Å². The van der Waals surface area contributed by atoms with E-state index in [1.807, 2.05) is 0 Å². The summed E-state index contributed by atoms with van der Waals surface area (Å²) in [5, 5.41) is 6.68. The number of cyclic esters (lactones) is 1. The van der Waals surface area contributed by atoms with Gasteiger partial charge in [-0.05, 0) is 11.4 Å². The van der Waals surface area contributed by atoms with Crippen molar-refractivity contribution in [2.75, 3.05) is 6.61 Å². The van der Waals surface area contributed by atoms with E-state index in [0.29, 0.717) is 4.88 Å². The topological polar surface area (TPSA) is 84.5 Å². The van der Waals surface area contributed by atoms with E-state index >= 15 is 0 Å². The molecule has 0 atom stereocenters. The first kappa shape index (κ1) is 12.3. The Morgan fingerprint density at radius 3 is 2.78 bits per heavy atom. The molecule has 0 spiro atoms. The van der Waals surface area contributed by atoms with E-state index in [9.17, 15) is 14.4 Å². The molecule has 1 aromatic heterocycles. The highest BCUT2D eigenvalue weighted by Crippen LogP contribution is 2.14. The average molecular weight is 266 g/mol. The zero-order valence-electron chi connectivity index (χ0n) is 9.48. The Labute approximate surface area is 107 Å². The molecule has 1 aliphatic heterocycles. The maximum absolute atomic E-state index is 11.8. The fraction of sp³-hybridized carbons (Fsp3) is 0.182. The van der Waals surface area contributed by atoms with Crippen LogP contribution in [0.3, 0.4) is 0 Å². The Morgan fingerprint density at radius 2 is 2.17 bits per heavy atom. The van der Waals surface area contributed by atoms with Crippen LogP contribution in [0.5, 0.6) is 0 Å². The monoisotopic (exact) mass is 266 g/mol. The number of thiophene rings is 1. The summed E-state index contributed by atoms with van der Waals surface area (Å²) >= 11 is 1.28. The van der Waals surface area contributed by atoms with Crippen molar-refractivity contribution >= 4 is 29.1 Å². The van der Waals surface area contributed by atoms with Gasteiger partial charge in [-0.25, -0.2) is 4.79 Å². The molecule has 2 rings (SSSR count). The Balaban J connectivity index is 2.16. The molecule has 18 heavy (non-hydrogen) atoms. The van der Waals surface area contributed by atoms with Crippen molar-refractivity contribution in [3.63, 3.8) is 0 Å². The molecule has 2 heterocycles. The van der Waals surface area contributed by atoms with E-state index in [4.69, 9.17) is 4.74 Å². The van der Waals surface area contributed by atoms with Crippen LogP contribution in [-0.4, -0.2) is 24.4 Å². The maximum Gasteiger partial charge on any atom is 0.357 e. The van der Waals surface area contributed by atoms with Gasteiger partial charge in [-0.15, -0.1) is 11.3 Å². The van der Waals surface area contributed by atoms with Crippen LogP contribution in [0.2, 0.25) is 0 Å². The summed E-state index contributed by atoms with van der Waals surface area (Å²) in [4.78, 5) is 34.6. The summed E-state index contributed by atoms with van der Waals surface area (Å²) in [5.41, 5.74) is 0.265. The molecule has 2 amide bonds. The highest BCUT2D eigenvalue weighted by molar-refractivity contribution is 7.12. The SMILES string of the molecule is CC(=O)NC1=C(NC(=O)c2cccs2)COC1=O. The lowest BCUT2D eigenvalue weighted by Crippen LogP contribution is -2.29. The molecule has 0 fully saturated rings. The molecular formula is C11H10N2O4S. The van der Waals surface area contributed by atoms with E-state index in [-0.39, 0.29) is 23.9 Å². The minimum atomic E-state index is -0.647. The summed E-state index contributed by atoms with van der Waals surface area (Å²) in [5.74, 6) is -1.38.